The van der Waals surface area contributed by atoms with Crippen LogP contribution in [0.5, 0.6) is 0 Å². The van der Waals surface area contributed by atoms with Crippen molar-refractivity contribution < 1.29 is 14.4 Å². The molecule has 5 nitrogen and oxygen atoms in total. The first kappa shape index (κ1) is 24.7. The number of carbonyl (C=O) groups excluding carboxylic acids is 3. The van der Waals surface area contributed by atoms with Crippen LogP contribution in [0.3, 0.4) is 0 Å². The second-order valence-corrected chi connectivity index (χ2v) is 10.2. The Morgan fingerprint density at radius 2 is 1.03 bits per heavy atom. The molecule has 2 fully saturated rings. The molecule has 2 amide bonds. The highest BCUT2D eigenvalue weighted by molar-refractivity contribution is 6.31. The summed E-state index contributed by atoms with van der Waals surface area (Å²) < 4.78 is 0. The van der Waals surface area contributed by atoms with E-state index in [1.54, 1.807) is 26.0 Å². The molecule has 34 heavy (non-hydrogen) atoms. The van der Waals surface area contributed by atoms with Gasteiger partial charge in [-0.2, -0.15) is 0 Å². The van der Waals surface area contributed by atoms with E-state index in [1.165, 1.54) is 0 Å². The van der Waals surface area contributed by atoms with E-state index >= 15 is 0 Å². The Hall–Kier alpha value is -2.37. The molecule has 2 aliphatic heterocycles. The molecule has 0 N–H and O–H groups in total. The summed E-state index contributed by atoms with van der Waals surface area (Å²) in [6.07, 6.45) is 3.21. The summed E-state index contributed by atoms with van der Waals surface area (Å²) in [6.45, 7) is 5.92. The van der Waals surface area contributed by atoms with E-state index in [0.29, 0.717) is 47.4 Å². The van der Waals surface area contributed by atoms with Gasteiger partial charge in [0.2, 0.25) is 11.8 Å². The molecule has 2 aromatic rings. The van der Waals surface area contributed by atoms with E-state index < -0.39 is 0 Å². The fourth-order valence-corrected chi connectivity index (χ4v) is 5.67. The number of carbonyl (C=O) groups is 3. The van der Waals surface area contributed by atoms with Gasteiger partial charge in [-0.15, -0.1) is 0 Å². The third kappa shape index (κ3) is 5.31. The zero-order valence-corrected chi connectivity index (χ0v) is 21.2. The molecule has 0 aromatic heterocycles. The Morgan fingerprint density at radius 3 is 1.35 bits per heavy atom. The summed E-state index contributed by atoms with van der Waals surface area (Å²) in [7, 11) is 0. The number of benzene rings is 2. The molecule has 0 spiro atoms. The molecule has 2 aromatic carbocycles. The zero-order chi connectivity index (χ0) is 24.4. The van der Waals surface area contributed by atoms with Crippen molar-refractivity contribution in [3.05, 3.63) is 68.7 Å². The average molecular weight is 501 g/mol. The summed E-state index contributed by atoms with van der Waals surface area (Å²) in [4.78, 5) is 41.1. The molecule has 4 rings (SSSR count). The smallest absolute Gasteiger partial charge is 0.219 e. The molecular weight excluding hydrogens is 471 g/mol. The first-order valence-electron chi connectivity index (χ1n) is 11.9. The van der Waals surface area contributed by atoms with Crippen LogP contribution in [-0.4, -0.2) is 53.6 Å². The van der Waals surface area contributed by atoms with Gasteiger partial charge in [0.25, 0.3) is 0 Å². The Labute approximate surface area is 211 Å². The highest BCUT2D eigenvalue weighted by Gasteiger charge is 2.29. The number of nitrogens with zero attached hydrogens (tertiary/aromatic N) is 2. The Balaban J connectivity index is 1.64. The molecule has 0 atom stereocenters. The van der Waals surface area contributed by atoms with Crippen LogP contribution in [0.1, 0.15) is 78.4 Å². The number of piperidine rings is 2. The van der Waals surface area contributed by atoms with Crippen molar-refractivity contribution in [2.45, 2.75) is 51.4 Å². The van der Waals surface area contributed by atoms with Gasteiger partial charge in [-0.1, -0.05) is 23.2 Å². The van der Waals surface area contributed by atoms with Crippen LogP contribution in [0.4, 0.5) is 0 Å². The number of halogens is 2. The number of amides is 2. The average Bonchev–Trinajstić information content (AvgIpc) is 2.83. The van der Waals surface area contributed by atoms with Crippen molar-refractivity contribution in [1.82, 2.24) is 9.80 Å². The SMILES string of the molecule is CC(=O)N1CCC(c2cc(Cl)ccc2C(=O)c2ccc(Cl)cc2C2CCN(C(C)=O)CC2)CC1. The van der Waals surface area contributed by atoms with Gasteiger partial charge in [-0.25, -0.2) is 0 Å². The van der Waals surface area contributed by atoms with E-state index in [9.17, 15) is 14.4 Å². The van der Waals surface area contributed by atoms with E-state index in [-0.39, 0.29) is 29.4 Å². The summed E-state index contributed by atoms with van der Waals surface area (Å²) >= 11 is 12.7. The first-order chi connectivity index (χ1) is 16.2. The molecule has 0 bridgehead atoms. The van der Waals surface area contributed by atoms with Crippen LogP contribution < -0.4 is 0 Å². The molecule has 2 aliphatic rings. The van der Waals surface area contributed by atoms with Gasteiger partial charge < -0.3 is 9.80 Å². The summed E-state index contributed by atoms with van der Waals surface area (Å²) in [5.74, 6) is 0.483. The molecule has 0 unspecified atom stereocenters. The quantitative estimate of drug-likeness (QED) is 0.507. The summed E-state index contributed by atoms with van der Waals surface area (Å²) in [5.41, 5.74) is 3.23. The Bertz CT molecular complexity index is 1020. The second kappa shape index (κ2) is 10.5. The second-order valence-electron chi connectivity index (χ2n) is 9.35. The van der Waals surface area contributed by atoms with Crippen LogP contribution in [-0.2, 0) is 9.59 Å². The largest absolute Gasteiger partial charge is 0.343 e. The van der Waals surface area contributed by atoms with Gasteiger partial charge in [-0.3, -0.25) is 14.4 Å². The molecule has 0 saturated carbocycles. The topological polar surface area (TPSA) is 57.7 Å². The third-order valence-electron chi connectivity index (χ3n) is 7.28. The molecule has 180 valence electrons. The summed E-state index contributed by atoms with van der Waals surface area (Å²) in [6, 6.07) is 11.0. The zero-order valence-electron chi connectivity index (χ0n) is 19.7. The lowest BCUT2D eigenvalue weighted by Crippen LogP contribution is -2.37. The first-order valence-corrected chi connectivity index (χ1v) is 12.6. The number of likely N-dealkylation sites (tertiary alicyclic amines) is 2. The van der Waals surface area contributed by atoms with Crippen LogP contribution in [0.2, 0.25) is 10.0 Å². The predicted octanol–water partition coefficient (Wildman–Crippen LogP) is 5.68. The minimum absolute atomic E-state index is 0.0265. The highest BCUT2D eigenvalue weighted by Crippen LogP contribution is 2.37. The van der Waals surface area contributed by atoms with Gasteiger partial charge >= 0.3 is 0 Å². The lowest BCUT2D eigenvalue weighted by Gasteiger charge is -2.33. The predicted molar refractivity (Wildman–Crippen MR) is 135 cm³/mol. The van der Waals surface area contributed by atoms with Crippen molar-refractivity contribution in [2.24, 2.45) is 0 Å². The van der Waals surface area contributed by atoms with Gasteiger partial charge in [0.05, 0.1) is 0 Å². The van der Waals surface area contributed by atoms with Crippen LogP contribution >= 0.6 is 23.2 Å². The van der Waals surface area contributed by atoms with Crippen LogP contribution in [0.15, 0.2) is 36.4 Å². The van der Waals surface area contributed by atoms with E-state index in [1.807, 2.05) is 34.1 Å². The number of hydrogen-bond donors (Lipinski definition) is 0. The Morgan fingerprint density at radius 1 is 0.676 bits per heavy atom. The standard InChI is InChI=1S/C27H30Cl2N2O3/c1-17(32)30-11-7-19(8-12-30)25-15-21(28)3-5-23(25)27(34)24-6-4-22(29)16-26(24)20-9-13-31(14-10-20)18(2)33/h3-6,15-16,19-20H,7-14H2,1-2H3. The highest BCUT2D eigenvalue weighted by atomic mass is 35.5. The van der Waals surface area contributed by atoms with Gasteiger partial charge in [-0.05, 0) is 85.0 Å². The maximum Gasteiger partial charge on any atom is 0.219 e. The van der Waals surface area contributed by atoms with Gasteiger partial charge in [0.15, 0.2) is 5.78 Å². The van der Waals surface area contributed by atoms with Gasteiger partial charge in [0, 0.05) is 61.2 Å². The van der Waals surface area contributed by atoms with Crippen molar-refractivity contribution >= 4 is 40.8 Å². The molecule has 2 heterocycles. The van der Waals surface area contributed by atoms with Crippen molar-refractivity contribution in [1.29, 1.82) is 0 Å². The fraction of sp³-hybridized carbons (Fsp3) is 0.444. The Kier molecular flexibility index (Phi) is 7.63. The van der Waals surface area contributed by atoms with Gasteiger partial charge in [0.1, 0.15) is 0 Å². The van der Waals surface area contributed by atoms with E-state index in [4.69, 9.17) is 23.2 Å². The lowest BCUT2D eigenvalue weighted by molar-refractivity contribution is -0.130. The maximum absolute atomic E-state index is 13.9. The maximum atomic E-state index is 13.9. The molecule has 2 saturated heterocycles. The monoisotopic (exact) mass is 500 g/mol. The molecule has 0 aliphatic carbocycles. The number of hydrogen-bond acceptors (Lipinski definition) is 3. The number of rotatable bonds is 4. The normalized spacial score (nSPS) is 17.6. The molecular formula is C27H30Cl2N2O3. The van der Waals surface area contributed by atoms with Crippen molar-refractivity contribution in [3.63, 3.8) is 0 Å². The minimum atomic E-state index is -0.0265. The minimum Gasteiger partial charge on any atom is -0.343 e. The third-order valence-corrected chi connectivity index (χ3v) is 7.75. The number of ketones is 1. The lowest BCUT2D eigenvalue weighted by atomic mass is 9.81. The van der Waals surface area contributed by atoms with Crippen LogP contribution in [0, 0.1) is 0 Å². The van der Waals surface area contributed by atoms with Crippen molar-refractivity contribution in [3.8, 4) is 0 Å². The summed E-state index contributed by atoms with van der Waals surface area (Å²) in [5, 5.41) is 1.21. The molecule has 0 radical (unpaired) electrons. The van der Waals surface area contributed by atoms with Crippen LogP contribution in [0.25, 0.3) is 0 Å². The molecule has 7 heteroatoms. The van der Waals surface area contributed by atoms with Crippen molar-refractivity contribution in [2.75, 3.05) is 26.2 Å². The fourth-order valence-electron chi connectivity index (χ4n) is 5.31. The van der Waals surface area contributed by atoms with E-state index in [0.717, 1.165) is 36.8 Å². The van der Waals surface area contributed by atoms with E-state index in [2.05, 4.69) is 0 Å².